The molecule has 0 spiro atoms. The van der Waals surface area contributed by atoms with E-state index in [1.807, 2.05) is 0 Å². The molecule has 0 aromatic heterocycles. The van der Waals surface area contributed by atoms with Gasteiger partial charge in [0, 0.05) is 0 Å². The van der Waals surface area contributed by atoms with Gasteiger partial charge in [0.2, 0.25) is 0 Å². The Bertz CT molecular complexity index is 448. The average molecular weight is 276 g/mol. The minimum absolute atomic E-state index is 0.0369. The molecule has 0 atom stereocenters. The van der Waals surface area contributed by atoms with Crippen LogP contribution < -0.4 is 0 Å². The lowest BCUT2D eigenvalue weighted by atomic mass is 9.72. The molecule has 110 valence electrons. The molecule has 1 N–H and O–H groups in total. The van der Waals surface area contributed by atoms with Gasteiger partial charge in [-0.3, -0.25) is 0 Å². The van der Waals surface area contributed by atoms with Crippen molar-refractivity contribution < 1.29 is 14.6 Å². The minimum Gasteiger partial charge on any atom is -0.508 e. The SMILES string of the molecule is CC(C)(C)C1CCC(OC(=O)c2ccc(O)cc2)CC1. The molecule has 1 aromatic rings. The van der Waals surface area contributed by atoms with Crippen LogP contribution >= 0.6 is 0 Å². The maximum atomic E-state index is 12.0. The molecular weight excluding hydrogens is 252 g/mol. The second-order valence-corrected chi connectivity index (χ2v) is 6.79. The quantitative estimate of drug-likeness (QED) is 0.825. The molecule has 1 aliphatic rings. The third-order valence-electron chi connectivity index (χ3n) is 4.28. The Morgan fingerprint density at radius 3 is 2.15 bits per heavy atom. The van der Waals surface area contributed by atoms with E-state index in [0.29, 0.717) is 16.9 Å². The number of phenols is 1. The predicted molar refractivity (Wildman–Crippen MR) is 78.7 cm³/mol. The molecular formula is C17H24O3. The zero-order valence-electron chi connectivity index (χ0n) is 12.6. The van der Waals surface area contributed by atoms with E-state index in [1.165, 1.54) is 12.1 Å². The molecule has 0 heterocycles. The van der Waals surface area contributed by atoms with E-state index in [4.69, 9.17) is 4.74 Å². The number of carbonyl (C=O) groups is 1. The van der Waals surface area contributed by atoms with Gasteiger partial charge in [0.25, 0.3) is 0 Å². The van der Waals surface area contributed by atoms with Crippen LogP contribution in [0.1, 0.15) is 56.8 Å². The van der Waals surface area contributed by atoms with Gasteiger partial charge in [0.1, 0.15) is 11.9 Å². The van der Waals surface area contributed by atoms with Crippen molar-refractivity contribution in [2.24, 2.45) is 11.3 Å². The van der Waals surface area contributed by atoms with Crippen molar-refractivity contribution in [3.8, 4) is 5.75 Å². The van der Waals surface area contributed by atoms with Crippen LogP contribution in [0.25, 0.3) is 0 Å². The van der Waals surface area contributed by atoms with Crippen molar-refractivity contribution in [3.63, 3.8) is 0 Å². The van der Waals surface area contributed by atoms with E-state index >= 15 is 0 Å². The predicted octanol–water partition coefficient (Wildman–Crippen LogP) is 4.15. The summed E-state index contributed by atoms with van der Waals surface area (Å²) in [7, 11) is 0. The standard InChI is InChI=1S/C17H24O3/c1-17(2,3)13-6-10-15(11-7-13)20-16(19)12-4-8-14(18)9-5-12/h4-5,8-9,13,15,18H,6-7,10-11H2,1-3H3. The summed E-state index contributed by atoms with van der Waals surface area (Å²) in [6, 6.07) is 6.21. The van der Waals surface area contributed by atoms with E-state index in [-0.39, 0.29) is 17.8 Å². The van der Waals surface area contributed by atoms with Gasteiger partial charge in [0.05, 0.1) is 5.56 Å². The minimum atomic E-state index is -0.288. The number of ether oxygens (including phenoxy) is 1. The Morgan fingerprint density at radius 1 is 1.10 bits per heavy atom. The highest BCUT2D eigenvalue weighted by atomic mass is 16.5. The second kappa shape index (κ2) is 5.86. The molecule has 2 rings (SSSR count). The van der Waals surface area contributed by atoms with E-state index in [0.717, 1.165) is 25.7 Å². The summed E-state index contributed by atoms with van der Waals surface area (Å²) in [4.78, 5) is 12.0. The van der Waals surface area contributed by atoms with Gasteiger partial charge in [-0.1, -0.05) is 20.8 Å². The lowest BCUT2D eigenvalue weighted by Crippen LogP contribution is -2.30. The fourth-order valence-corrected chi connectivity index (χ4v) is 2.86. The second-order valence-electron chi connectivity index (χ2n) is 6.79. The van der Waals surface area contributed by atoms with Gasteiger partial charge in [-0.2, -0.15) is 0 Å². The highest BCUT2D eigenvalue weighted by Gasteiger charge is 2.31. The number of rotatable bonds is 2. The summed E-state index contributed by atoms with van der Waals surface area (Å²) in [5.41, 5.74) is 0.840. The van der Waals surface area contributed by atoms with Gasteiger partial charge in [-0.05, 0) is 61.3 Å². The first-order valence-corrected chi connectivity index (χ1v) is 7.36. The van der Waals surface area contributed by atoms with Crippen LogP contribution in [0.2, 0.25) is 0 Å². The Labute approximate surface area is 121 Å². The molecule has 1 aliphatic carbocycles. The summed E-state index contributed by atoms with van der Waals surface area (Å²) >= 11 is 0. The zero-order chi connectivity index (χ0) is 14.8. The first kappa shape index (κ1) is 14.9. The molecule has 1 saturated carbocycles. The fraction of sp³-hybridized carbons (Fsp3) is 0.588. The van der Waals surface area contributed by atoms with Crippen LogP contribution in [-0.2, 0) is 4.74 Å². The van der Waals surface area contributed by atoms with Crippen molar-refractivity contribution in [1.29, 1.82) is 0 Å². The molecule has 3 heteroatoms. The summed E-state index contributed by atoms with van der Waals surface area (Å²) < 4.78 is 5.56. The lowest BCUT2D eigenvalue weighted by molar-refractivity contribution is 0.00929. The van der Waals surface area contributed by atoms with E-state index in [1.54, 1.807) is 12.1 Å². The molecule has 0 saturated heterocycles. The number of benzene rings is 1. The molecule has 0 aliphatic heterocycles. The largest absolute Gasteiger partial charge is 0.508 e. The number of phenolic OH excluding ortho intramolecular Hbond substituents is 1. The first-order chi connectivity index (χ1) is 9.36. The summed E-state index contributed by atoms with van der Waals surface area (Å²) in [6.07, 6.45) is 4.18. The van der Waals surface area contributed by atoms with Gasteiger partial charge < -0.3 is 9.84 Å². The van der Waals surface area contributed by atoms with Gasteiger partial charge >= 0.3 is 5.97 Å². The van der Waals surface area contributed by atoms with Crippen molar-refractivity contribution in [2.45, 2.75) is 52.6 Å². The molecule has 1 aromatic carbocycles. The fourth-order valence-electron chi connectivity index (χ4n) is 2.86. The number of esters is 1. The van der Waals surface area contributed by atoms with Crippen molar-refractivity contribution in [1.82, 2.24) is 0 Å². The smallest absolute Gasteiger partial charge is 0.338 e. The van der Waals surface area contributed by atoms with E-state index in [2.05, 4.69) is 20.8 Å². The molecule has 1 fully saturated rings. The number of hydrogen-bond donors (Lipinski definition) is 1. The van der Waals surface area contributed by atoms with Gasteiger partial charge in [-0.15, -0.1) is 0 Å². The number of aromatic hydroxyl groups is 1. The van der Waals surface area contributed by atoms with Crippen LogP contribution in [0.4, 0.5) is 0 Å². The topological polar surface area (TPSA) is 46.5 Å². The maximum absolute atomic E-state index is 12.0. The van der Waals surface area contributed by atoms with Crippen molar-refractivity contribution in [2.75, 3.05) is 0 Å². The van der Waals surface area contributed by atoms with E-state index in [9.17, 15) is 9.90 Å². The summed E-state index contributed by atoms with van der Waals surface area (Å²) in [6.45, 7) is 6.83. The third kappa shape index (κ3) is 3.75. The molecule has 0 bridgehead atoms. The van der Waals surface area contributed by atoms with Gasteiger partial charge in [-0.25, -0.2) is 4.79 Å². The normalized spacial score (nSPS) is 23.4. The average Bonchev–Trinajstić information content (AvgIpc) is 2.39. The molecule has 0 radical (unpaired) electrons. The van der Waals surface area contributed by atoms with Crippen molar-refractivity contribution in [3.05, 3.63) is 29.8 Å². The van der Waals surface area contributed by atoms with Crippen LogP contribution in [0.3, 0.4) is 0 Å². The van der Waals surface area contributed by atoms with Crippen molar-refractivity contribution >= 4 is 5.97 Å². The van der Waals surface area contributed by atoms with Crippen LogP contribution in [-0.4, -0.2) is 17.2 Å². The van der Waals surface area contributed by atoms with Gasteiger partial charge in [0.15, 0.2) is 0 Å². The summed E-state index contributed by atoms with van der Waals surface area (Å²) in [5.74, 6) is 0.586. The molecule has 3 nitrogen and oxygen atoms in total. The van der Waals surface area contributed by atoms with Crippen LogP contribution in [0.5, 0.6) is 5.75 Å². The summed E-state index contributed by atoms with van der Waals surface area (Å²) in [5, 5.41) is 9.21. The monoisotopic (exact) mass is 276 g/mol. The number of hydrogen-bond acceptors (Lipinski definition) is 3. The highest BCUT2D eigenvalue weighted by Crippen LogP contribution is 2.38. The highest BCUT2D eigenvalue weighted by molar-refractivity contribution is 5.89. The Morgan fingerprint density at radius 2 is 1.65 bits per heavy atom. The Hall–Kier alpha value is -1.51. The lowest BCUT2D eigenvalue weighted by Gasteiger charge is -2.36. The third-order valence-corrected chi connectivity index (χ3v) is 4.28. The number of carbonyl (C=O) groups excluding carboxylic acids is 1. The Kier molecular flexibility index (Phi) is 4.36. The van der Waals surface area contributed by atoms with E-state index < -0.39 is 0 Å². The maximum Gasteiger partial charge on any atom is 0.338 e. The molecule has 0 unspecified atom stereocenters. The molecule has 20 heavy (non-hydrogen) atoms. The zero-order valence-corrected chi connectivity index (χ0v) is 12.6. The van der Waals surface area contributed by atoms with Crippen LogP contribution in [0.15, 0.2) is 24.3 Å². The van der Waals surface area contributed by atoms with Crippen LogP contribution in [0, 0.1) is 11.3 Å². The molecule has 0 amide bonds. The Balaban J connectivity index is 1.86. The first-order valence-electron chi connectivity index (χ1n) is 7.36.